The number of nitrogens with one attached hydrogen (secondary N) is 1. The van der Waals surface area contributed by atoms with Crippen LogP contribution in [0.1, 0.15) is 25.7 Å². The second-order valence-electron chi connectivity index (χ2n) is 4.41. The third-order valence-corrected chi connectivity index (χ3v) is 3.29. The third kappa shape index (κ3) is 1.36. The van der Waals surface area contributed by atoms with Crippen LogP contribution >= 0.6 is 0 Å². The van der Waals surface area contributed by atoms with Crippen LogP contribution in [-0.2, 0) is 0 Å². The van der Waals surface area contributed by atoms with Crippen molar-refractivity contribution in [2.75, 3.05) is 0 Å². The number of halogens is 3. The molecule has 1 heterocycles. The molecule has 0 aromatic carbocycles. The fourth-order valence-electron chi connectivity index (χ4n) is 2.28. The van der Waals surface area contributed by atoms with Gasteiger partial charge in [-0.25, -0.2) is 15.2 Å². The van der Waals surface area contributed by atoms with Crippen LogP contribution in [0.25, 0.3) is 0 Å². The van der Waals surface area contributed by atoms with Gasteiger partial charge in [0.1, 0.15) is 0 Å². The van der Waals surface area contributed by atoms with E-state index in [1.165, 1.54) is 0 Å². The summed E-state index contributed by atoms with van der Waals surface area (Å²) in [5.74, 6) is 0. The lowest BCUT2D eigenvalue weighted by atomic mass is 9.74. The van der Waals surface area contributed by atoms with Gasteiger partial charge < -0.3 is 10.8 Å². The molecule has 8 heteroatoms. The standard InChI is InChI=1S/C8H12F3N3O2/c9-8(10,11)7(16)4-6(2-1-3-6)13-14(7)5(12)15/h13,16H,1-4H2,(H2,12,15)/t7-/m0/s1. The molecule has 1 spiro atoms. The maximum absolute atomic E-state index is 12.7. The van der Waals surface area contributed by atoms with Gasteiger partial charge >= 0.3 is 12.2 Å². The van der Waals surface area contributed by atoms with Crippen LogP contribution in [0, 0.1) is 0 Å². The van der Waals surface area contributed by atoms with Crippen molar-refractivity contribution in [3.8, 4) is 0 Å². The molecule has 16 heavy (non-hydrogen) atoms. The van der Waals surface area contributed by atoms with E-state index in [1.807, 2.05) is 0 Å². The van der Waals surface area contributed by atoms with Gasteiger partial charge in [-0.1, -0.05) is 0 Å². The zero-order chi connectivity index (χ0) is 12.2. The molecule has 2 rings (SSSR count). The van der Waals surface area contributed by atoms with E-state index in [1.54, 1.807) is 0 Å². The molecule has 4 N–H and O–H groups in total. The number of urea groups is 1. The molecule has 92 valence electrons. The molecule has 5 nitrogen and oxygen atoms in total. The summed E-state index contributed by atoms with van der Waals surface area (Å²) >= 11 is 0. The molecular weight excluding hydrogens is 227 g/mol. The summed E-state index contributed by atoms with van der Waals surface area (Å²) in [5.41, 5.74) is 3.19. The summed E-state index contributed by atoms with van der Waals surface area (Å²) in [4.78, 5) is 10.9. The van der Waals surface area contributed by atoms with Gasteiger partial charge in [0.05, 0.1) is 0 Å². The molecular formula is C8H12F3N3O2. The monoisotopic (exact) mass is 239 g/mol. The third-order valence-electron chi connectivity index (χ3n) is 3.29. The maximum atomic E-state index is 12.7. The Morgan fingerprint density at radius 1 is 1.44 bits per heavy atom. The molecule has 0 aromatic heterocycles. The Morgan fingerprint density at radius 3 is 2.25 bits per heavy atom. The fourth-order valence-corrected chi connectivity index (χ4v) is 2.28. The average Bonchev–Trinajstić information content (AvgIpc) is 2.38. The Hall–Kier alpha value is -1.02. The Morgan fingerprint density at radius 2 is 2.00 bits per heavy atom. The zero-order valence-corrected chi connectivity index (χ0v) is 8.34. The Balaban J connectivity index is 2.32. The number of primary amides is 1. The number of carbonyl (C=O) groups is 1. The van der Waals surface area contributed by atoms with Crippen molar-refractivity contribution in [1.29, 1.82) is 0 Å². The van der Waals surface area contributed by atoms with Crippen LogP contribution in [0.5, 0.6) is 0 Å². The van der Waals surface area contributed by atoms with Gasteiger partial charge in [0.15, 0.2) is 0 Å². The van der Waals surface area contributed by atoms with E-state index in [0.717, 1.165) is 6.42 Å². The van der Waals surface area contributed by atoms with Gasteiger partial charge in [-0.05, 0) is 19.3 Å². The van der Waals surface area contributed by atoms with E-state index in [4.69, 9.17) is 5.73 Å². The minimum absolute atomic E-state index is 0.103. The molecule has 1 saturated heterocycles. The molecule has 0 radical (unpaired) electrons. The van der Waals surface area contributed by atoms with E-state index in [0.29, 0.717) is 12.8 Å². The summed E-state index contributed by atoms with van der Waals surface area (Å²) in [5, 5.41) is 9.70. The first kappa shape index (κ1) is 11.5. The zero-order valence-electron chi connectivity index (χ0n) is 8.34. The summed E-state index contributed by atoms with van der Waals surface area (Å²) in [6, 6.07) is -1.33. The number of rotatable bonds is 0. The number of hydrogen-bond donors (Lipinski definition) is 3. The van der Waals surface area contributed by atoms with E-state index >= 15 is 0 Å². The van der Waals surface area contributed by atoms with E-state index in [2.05, 4.69) is 5.43 Å². The number of aliphatic hydroxyl groups is 1. The topological polar surface area (TPSA) is 78.6 Å². The van der Waals surface area contributed by atoms with Crippen molar-refractivity contribution in [3.63, 3.8) is 0 Å². The Bertz CT molecular complexity index is 329. The number of nitrogens with two attached hydrogens (primary N) is 1. The van der Waals surface area contributed by atoms with E-state index in [9.17, 15) is 23.1 Å². The number of hydrazine groups is 1. The molecule has 1 saturated carbocycles. The number of alkyl halides is 3. The highest BCUT2D eigenvalue weighted by molar-refractivity contribution is 5.73. The van der Waals surface area contributed by atoms with Crippen LogP contribution in [0.3, 0.4) is 0 Å². The average molecular weight is 239 g/mol. The minimum Gasteiger partial charge on any atom is -0.362 e. The SMILES string of the molecule is NC(=O)N1NC2(CCC2)C[C@]1(O)C(F)(F)F. The van der Waals surface area contributed by atoms with Gasteiger partial charge in [0.25, 0.3) is 5.72 Å². The van der Waals surface area contributed by atoms with E-state index < -0.39 is 29.9 Å². The summed E-state index contributed by atoms with van der Waals surface area (Å²) in [7, 11) is 0. The van der Waals surface area contributed by atoms with Crippen LogP contribution in [0.15, 0.2) is 0 Å². The highest BCUT2D eigenvalue weighted by Gasteiger charge is 2.68. The lowest BCUT2D eigenvalue weighted by molar-refractivity contribution is -0.299. The highest BCUT2D eigenvalue weighted by atomic mass is 19.4. The summed E-state index contributed by atoms with van der Waals surface area (Å²) in [6.07, 6.45) is -3.72. The van der Waals surface area contributed by atoms with Crippen molar-refractivity contribution < 1.29 is 23.1 Å². The number of amides is 2. The quantitative estimate of drug-likeness (QED) is 0.574. The molecule has 1 aliphatic carbocycles. The van der Waals surface area contributed by atoms with Crippen LogP contribution < -0.4 is 11.2 Å². The van der Waals surface area contributed by atoms with Crippen LogP contribution in [0.4, 0.5) is 18.0 Å². The van der Waals surface area contributed by atoms with Crippen molar-refractivity contribution in [3.05, 3.63) is 0 Å². The summed E-state index contributed by atoms with van der Waals surface area (Å²) in [6.45, 7) is 0. The largest absolute Gasteiger partial charge is 0.438 e. The van der Waals surface area contributed by atoms with Crippen LogP contribution in [-0.4, -0.2) is 33.6 Å². The van der Waals surface area contributed by atoms with Gasteiger partial charge in [-0.3, -0.25) is 0 Å². The second kappa shape index (κ2) is 3.01. The molecule has 1 aliphatic heterocycles. The van der Waals surface area contributed by atoms with Gasteiger partial charge in [-0.2, -0.15) is 13.2 Å². The molecule has 0 unspecified atom stereocenters. The number of nitrogens with zero attached hydrogens (tertiary/aromatic N) is 1. The first-order chi connectivity index (χ1) is 7.20. The van der Waals surface area contributed by atoms with Gasteiger partial charge in [0.2, 0.25) is 0 Å². The van der Waals surface area contributed by atoms with Crippen molar-refractivity contribution >= 4 is 6.03 Å². The van der Waals surface area contributed by atoms with Crippen molar-refractivity contribution in [2.24, 2.45) is 5.73 Å². The predicted octanol–water partition coefficient (Wildman–Crippen LogP) is 0.449. The number of hydrogen-bond acceptors (Lipinski definition) is 3. The minimum atomic E-state index is -4.92. The summed E-state index contributed by atoms with van der Waals surface area (Å²) < 4.78 is 38.2. The second-order valence-corrected chi connectivity index (χ2v) is 4.41. The lowest BCUT2D eigenvalue weighted by Crippen LogP contribution is -2.62. The highest BCUT2D eigenvalue weighted by Crippen LogP contribution is 2.49. The predicted molar refractivity (Wildman–Crippen MR) is 46.8 cm³/mol. The van der Waals surface area contributed by atoms with Gasteiger partial charge in [-0.15, -0.1) is 0 Å². The fraction of sp³-hybridized carbons (Fsp3) is 0.875. The first-order valence-electron chi connectivity index (χ1n) is 4.87. The molecule has 0 bridgehead atoms. The normalized spacial score (nSPS) is 32.9. The first-order valence-corrected chi connectivity index (χ1v) is 4.87. The molecule has 1 atom stereocenters. The molecule has 2 amide bonds. The van der Waals surface area contributed by atoms with Crippen molar-refractivity contribution in [1.82, 2.24) is 10.4 Å². The van der Waals surface area contributed by atoms with E-state index in [-0.39, 0.29) is 5.01 Å². The molecule has 2 aliphatic rings. The number of carbonyl (C=O) groups excluding carboxylic acids is 1. The maximum Gasteiger partial charge on any atom is 0.438 e. The van der Waals surface area contributed by atoms with Crippen molar-refractivity contribution in [2.45, 2.75) is 43.1 Å². The lowest BCUT2D eigenvalue weighted by Gasteiger charge is -2.37. The Kier molecular flexibility index (Phi) is 2.16. The smallest absolute Gasteiger partial charge is 0.362 e. The Labute approximate surface area is 89.4 Å². The molecule has 2 fully saturated rings. The van der Waals surface area contributed by atoms with Gasteiger partial charge in [0, 0.05) is 12.0 Å². The molecule has 0 aromatic rings. The van der Waals surface area contributed by atoms with Crippen LogP contribution in [0.2, 0.25) is 0 Å².